The Morgan fingerprint density at radius 1 is 0.964 bits per heavy atom. The number of aryl methyl sites for hydroxylation is 3. The average molecular weight is 371 g/mol. The molecule has 0 saturated carbocycles. The van der Waals surface area contributed by atoms with Crippen molar-refractivity contribution in [2.75, 3.05) is 17.2 Å². The molecule has 2 aromatic heterocycles. The second kappa shape index (κ2) is 7.72. The summed E-state index contributed by atoms with van der Waals surface area (Å²) in [5.74, 6) is 1.45. The van der Waals surface area contributed by atoms with Crippen molar-refractivity contribution in [2.24, 2.45) is 0 Å². The second-order valence-electron chi connectivity index (χ2n) is 7.20. The minimum absolute atomic E-state index is 0.613. The van der Waals surface area contributed by atoms with Gasteiger partial charge < -0.3 is 15.6 Å². The number of hydrogen-bond acceptors (Lipinski definition) is 4. The fourth-order valence-electron chi connectivity index (χ4n) is 3.45. The first-order valence-corrected chi connectivity index (χ1v) is 9.57. The van der Waals surface area contributed by atoms with Crippen molar-refractivity contribution < 1.29 is 0 Å². The molecule has 5 heteroatoms. The van der Waals surface area contributed by atoms with Crippen LogP contribution in [0.3, 0.4) is 0 Å². The Balaban J connectivity index is 1.45. The number of fused-ring (bicyclic) bond motifs is 1. The third-order valence-electron chi connectivity index (χ3n) is 4.86. The van der Waals surface area contributed by atoms with Gasteiger partial charge in [-0.05, 0) is 50.5 Å². The second-order valence-corrected chi connectivity index (χ2v) is 7.20. The number of aromatic amines is 1. The molecule has 2 aromatic carbocycles. The van der Waals surface area contributed by atoms with Gasteiger partial charge in [0.05, 0.1) is 0 Å². The quantitative estimate of drug-likeness (QED) is 0.431. The number of para-hydroxylation sites is 1. The first-order chi connectivity index (χ1) is 13.6. The summed E-state index contributed by atoms with van der Waals surface area (Å²) in [6, 6.07) is 16.7. The molecule has 0 saturated heterocycles. The highest BCUT2D eigenvalue weighted by Gasteiger charge is 2.06. The van der Waals surface area contributed by atoms with Gasteiger partial charge in [-0.1, -0.05) is 35.9 Å². The molecular formula is C23H25N5. The Morgan fingerprint density at radius 2 is 1.82 bits per heavy atom. The van der Waals surface area contributed by atoms with E-state index in [9.17, 15) is 0 Å². The summed E-state index contributed by atoms with van der Waals surface area (Å²) in [5, 5.41) is 8.05. The Kier molecular flexibility index (Phi) is 4.98. The summed E-state index contributed by atoms with van der Waals surface area (Å²) in [5.41, 5.74) is 6.86. The Bertz CT molecular complexity index is 1110. The van der Waals surface area contributed by atoms with Crippen LogP contribution in [-0.2, 0) is 6.42 Å². The van der Waals surface area contributed by atoms with Crippen molar-refractivity contribution >= 4 is 28.4 Å². The zero-order valence-electron chi connectivity index (χ0n) is 16.5. The zero-order valence-corrected chi connectivity index (χ0v) is 16.5. The van der Waals surface area contributed by atoms with E-state index in [2.05, 4.69) is 88.1 Å². The van der Waals surface area contributed by atoms with Crippen LogP contribution in [0.15, 0.2) is 54.7 Å². The maximum atomic E-state index is 4.63. The van der Waals surface area contributed by atoms with E-state index in [-0.39, 0.29) is 0 Å². The first kappa shape index (κ1) is 18.0. The van der Waals surface area contributed by atoms with Crippen LogP contribution in [0.1, 0.15) is 22.4 Å². The number of anilines is 3. The molecule has 0 amide bonds. The predicted octanol–water partition coefficient (Wildman–Crippen LogP) is 5.28. The smallest absolute Gasteiger partial charge is 0.229 e. The number of H-pyrrole nitrogens is 1. The third-order valence-corrected chi connectivity index (χ3v) is 4.86. The summed E-state index contributed by atoms with van der Waals surface area (Å²) in [4.78, 5) is 12.5. The minimum atomic E-state index is 0.613. The van der Waals surface area contributed by atoms with Gasteiger partial charge in [0.1, 0.15) is 5.82 Å². The molecule has 0 spiro atoms. The largest absolute Gasteiger partial charge is 0.370 e. The SMILES string of the molecule is Cc1ccc(Nc2nc(C)cc(NCCc3c[nH]c4ccccc34)n2)c(C)c1. The van der Waals surface area contributed by atoms with Crippen LogP contribution in [-0.4, -0.2) is 21.5 Å². The standard InChI is InChI=1S/C23H25N5/c1-15-8-9-20(16(2)12-15)27-23-26-17(3)13-22(28-23)24-11-10-18-14-25-21-7-5-4-6-19(18)21/h4-9,12-14,25H,10-11H2,1-3H3,(H2,24,26,27,28). The summed E-state index contributed by atoms with van der Waals surface area (Å²) < 4.78 is 0. The van der Waals surface area contributed by atoms with Gasteiger partial charge in [0.15, 0.2) is 0 Å². The Morgan fingerprint density at radius 3 is 2.68 bits per heavy atom. The topological polar surface area (TPSA) is 65.6 Å². The lowest BCUT2D eigenvalue weighted by Crippen LogP contribution is -2.09. The molecule has 0 fully saturated rings. The molecule has 5 nitrogen and oxygen atoms in total. The minimum Gasteiger partial charge on any atom is -0.370 e. The van der Waals surface area contributed by atoms with Gasteiger partial charge in [0.2, 0.25) is 5.95 Å². The molecule has 0 bridgehead atoms. The molecule has 0 aliphatic carbocycles. The number of nitrogens with zero attached hydrogens (tertiary/aromatic N) is 2. The van der Waals surface area contributed by atoms with Crippen molar-refractivity contribution in [3.05, 3.63) is 77.1 Å². The molecule has 0 atom stereocenters. The van der Waals surface area contributed by atoms with Crippen LogP contribution in [0.4, 0.5) is 17.5 Å². The number of benzene rings is 2. The third kappa shape index (κ3) is 3.98. The lowest BCUT2D eigenvalue weighted by atomic mass is 10.1. The van der Waals surface area contributed by atoms with Crippen LogP contribution in [0.25, 0.3) is 10.9 Å². The number of rotatable bonds is 6. The van der Waals surface area contributed by atoms with Gasteiger partial charge in [-0.2, -0.15) is 4.98 Å². The maximum Gasteiger partial charge on any atom is 0.229 e. The van der Waals surface area contributed by atoms with Crippen molar-refractivity contribution in [1.29, 1.82) is 0 Å². The number of nitrogens with one attached hydrogen (secondary N) is 3. The van der Waals surface area contributed by atoms with E-state index in [0.717, 1.165) is 30.2 Å². The van der Waals surface area contributed by atoms with Crippen LogP contribution < -0.4 is 10.6 Å². The van der Waals surface area contributed by atoms with Crippen molar-refractivity contribution in [3.8, 4) is 0 Å². The van der Waals surface area contributed by atoms with E-state index >= 15 is 0 Å². The summed E-state index contributed by atoms with van der Waals surface area (Å²) >= 11 is 0. The lowest BCUT2D eigenvalue weighted by Gasteiger charge is -2.12. The van der Waals surface area contributed by atoms with Gasteiger partial charge in [0.25, 0.3) is 0 Å². The number of hydrogen-bond donors (Lipinski definition) is 3. The molecule has 2 heterocycles. The molecule has 3 N–H and O–H groups in total. The molecule has 0 aliphatic rings. The highest BCUT2D eigenvalue weighted by molar-refractivity contribution is 5.83. The molecule has 0 radical (unpaired) electrons. The van der Waals surface area contributed by atoms with Crippen LogP contribution in [0, 0.1) is 20.8 Å². The molecular weight excluding hydrogens is 346 g/mol. The van der Waals surface area contributed by atoms with E-state index in [1.54, 1.807) is 0 Å². The monoisotopic (exact) mass is 371 g/mol. The predicted molar refractivity (Wildman–Crippen MR) is 116 cm³/mol. The maximum absolute atomic E-state index is 4.63. The highest BCUT2D eigenvalue weighted by atomic mass is 15.1. The number of aromatic nitrogens is 3. The molecule has 28 heavy (non-hydrogen) atoms. The fraction of sp³-hybridized carbons (Fsp3) is 0.217. The zero-order chi connectivity index (χ0) is 19.5. The van der Waals surface area contributed by atoms with E-state index in [0.29, 0.717) is 5.95 Å². The van der Waals surface area contributed by atoms with Gasteiger partial charge in [-0.15, -0.1) is 0 Å². The van der Waals surface area contributed by atoms with E-state index < -0.39 is 0 Å². The van der Waals surface area contributed by atoms with Crippen LogP contribution in [0.2, 0.25) is 0 Å². The molecule has 142 valence electrons. The van der Waals surface area contributed by atoms with Gasteiger partial charge in [0, 0.05) is 41.1 Å². The first-order valence-electron chi connectivity index (χ1n) is 9.57. The van der Waals surface area contributed by atoms with Crippen molar-refractivity contribution in [3.63, 3.8) is 0 Å². The van der Waals surface area contributed by atoms with Gasteiger partial charge in [-0.3, -0.25) is 0 Å². The van der Waals surface area contributed by atoms with Crippen LogP contribution >= 0.6 is 0 Å². The molecule has 4 aromatic rings. The Labute approximate surface area is 165 Å². The van der Waals surface area contributed by atoms with Crippen LogP contribution in [0.5, 0.6) is 0 Å². The fourth-order valence-corrected chi connectivity index (χ4v) is 3.45. The van der Waals surface area contributed by atoms with E-state index in [4.69, 9.17) is 0 Å². The molecule has 4 rings (SSSR count). The van der Waals surface area contributed by atoms with Crippen molar-refractivity contribution in [2.45, 2.75) is 27.2 Å². The molecule has 0 unspecified atom stereocenters. The average Bonchev–Trinajstić information content (AvgIpc) is 3.07. The van der Waals surface area contributed by atoms with Gasteiger partial charge in [-0.25, -0.2) is 4.98 Å². The van der Waals surface area contributed by atoms with Gasteiger partial charge >= 0.3 is 0 Å². The highest BCUT2D eigenvalue weighted by Crippen LogP contribution is 2.21. The summed E-state index contributed by atoms with van der Waals surface area (Å²) in [7, 11) is 0. The Hall–Kier alpha value is -3.34. The summed E-state index contributed by atoms with van der Waals surface area (Å²) in [6.45, 7) is 6.97. The van der Waals surface area contributed by atoms with E-state index in [1.165, 1.54) is 27.6 Å². The normalized spacial score (nSPS) is 11.0. The van der Waals surface area contributed by atoms with Crippen molar-refractivity contribution in [1.82, 2.24) is 15.0 Å². The lowest BCUT2D eigenvalue weighted by molar-refractivity contribution is 1.00. The summed E-state index contributed by atoms with van der Waals surface area (Å²) in [6.07, 6.45) is 3.01. The molecule has 0 aliphatic heterocycles. The van der Waals surface area contributed by atoms with E-state index in [1.807, 2.05) is 13.0 Å².